The summed E-state index contributed by atoms with van der Waals surface area (Å²) in [7, 11) is -1.58. The van der Waals surface area contributed by atoms with Crippen molar-refractivity contribution in [2.75, 3.05) is 20.2 Å². The Morgan fingerprint density at radius 1 is 1.17 bits per heavy atom. The zero-order chi connectivity index (χ0) is 20.2. The van der Waals surface area contributed by atoms with Gasteiger partial charge in [0.05, 0.1) is 11.5 Å². The number of aryl methyl sites for hydroxylation is 1. The van der Waals surface area contributed by atoms with Crippen LogP contribution in [0.4, 0.5) is 0 Å². The Morgan fingerprint density at radius 2 is 1.97 bits per heavy atom. The van der Waals surface area contributed by atoms with Gasteiger partial charge < -0.3 is 9.88 Å². The second-order valence-electron chi connectivity index (χ2n) is 8.55. The first kappa shape index (κ1) is 18.9. The van der Waals surface area contributed by atoms with Gasteiger partial charge in [0.25, 0.3) is 10.1 Å². The summed E-state index contributed by atoms with van der Waals surface area (Å²) in [6.45, 7) is 3.01. The standard InChI is InChI=1S/C23H26N2O3S/c1-15-6-8-18(9-7-15)29(26,27)28-14-16-10-20-19-4-3-5-21-23(19)17(12-24-21)11-22(20)25(2)13-16/h3-9,12,16,20,22,24H,10-11,13-14H2,1-2H3/t16-,20?,22+/m0/s1. The molecule has 152 valence electrons. The molecule has 0 amide bonds. The summed E-state index contributed by atoms with van der Waals surface area (Å²) in [5, 5.41) is 1.36. The fourth-order valence-corrected chi connectivity index (χ4v) is 6.11. The summed E-state index contributed by atoms with van der Waals surface area (Å²) in [6.07, 6.45) is 4.12. The Balaban J connectivity index is 1.36. The minimum atomic E-state index is -3.73. The Bertz CT molecular complexity index is 1150. The number of likely N-dealkylation sites (tertiary alicyclic amines) is 1. The van der Waals surface area contributed by atoms with E-state index in [-0.39, 0.29) is 17.4 Å². The van der Waals surface area contributed by atoms with Gasteiger partial charge in [0.2, 0.25) is 0 Å². The van der Waals surface area contributed by atoms with Gasteiger partial charge in [-0.15, -0.1) is 0 Å². The normalized spacial score (nSPS) is 24.6. The number of aromatic amines is 1. The minimum Gasteiger partial charge on any atom is -0.361 e. The minimum absolute atomic E-state index is 0.178. The number of benzene rings is 2. The fourth-order valence-electron chi connectivity index (χ4n) is 5.13. The number of nitrogens with one attached hydrogen (secondary N) is 1. The summed E-state index contributed by atoms with van der Waals surface area (Å²) < 4.78 is 30.7. The van der Waals surface area contributed by atoms with E-state index in [9.17, 15) is 8.42 Å². The van der Waals surface area contributed by atoms with Crippen LogP contribution in [0, 0.1) is 12.8 Å². The topological polar surface area (TPSA) is 62.4 Å². The molecule has 0 saturated carbocycles. The molecule has 6 heteroatoms. The average molecular weight is 411 g/mol. The molecule has 0 bridgehead atoms. The Hall–Kier alpha value is -2.15. The number of hydrogen-bond donors (Lipinski definition) is 1. The van der Waals surface area contributed by atoms with E-state index in [1.807, 2.05) is 6.92 Å². The van der Waals surface area contributed by atoms with Crippen molar-refractivity contribution in [2.45, 2.75) is 36.6 Å². The highest BCUT2D eigenvalue weighted by atomic mass is 32.2. The lowest BCUT2D eigenvalue weighted by molar-refractivity contribution is 0.0854. The van der Waals surface area contributed by atoms with E-state index in [1.54, 1.807) is 24.3 Å². The van der Waals surface area contributed by atoms with Crippen molar-refractivity contribution in [2.24, 2.45) is 5.92 Å². The second-order valence-corrected chi connectivity index (χ2v) is 10.2. The molecule has 1 unspecified atom stereocenters. The van der Waals surface area contributed by atoms with Crippen LogP contribution in [-0.4, -0.2) is 44.5 Å². The van der Waals surface area contributed by atoms with Gasteiger partial charge in [0.1, 0.15) is 0 Å². The maximum Gasteiger partial charge on any atom is 0.296 e. The van der Waals surface area contributed by atoms with Crippen LogP contribution in [0.5, 0.6) is 0 Å². The monoisotopic (exact) mass is 410 g/mol. The Labute approximate surface area is 171 Å². The van der Waals surface area contributed by atoms with Crippen LogP contribution in [0.15, 0.2) is 53.6 Å². The van der Waals surface area contributed by atoms with Gasteiger partial charge in [0, 0.05) is 35.6 Å². The van der Waals surface area contributed by atoms with Crippen molar-refractivity contribution in [1.29, 1.82) is 0 Å². The molecule has 29 heavy (non-hydrogen) atoms. The van der Waals surface area contributed by atoms with Gasteiger partial charge in [0.15, 0.2) is 0 Å². The van der Waals surface area contributed by atoms with Crippen molar-refractivity contribution in [3.05, 3.63) is 65.4 Å². The molecule has 1 fully saturated rings. The van der Waals surface area contributed by atoms with Crippen LogP contribution < -0.4 is 0 Å². The summed E-state index contributed by atoms with van der Waals surface area (Å²) in [4.78, 5) is 6.01. The van der Waals surface area contributed by atoms with Gasteiger partial charge >= 0.3 is 0 Å². The molecule has 1 aliphatic heterocycles. The Morgan fingerprint density at radius 3 is 2.76 bits per heavy atom. The molecular formula is C23H26N2O3S. The van der Waals surface area contributed by atoms with Crippen molar-refractivity contribution in [3.8, 4) is 0 Å². The molecule has 2 heterocycles. The highest BCUT2D eigenvalue weighted by Gasteiger charge is 2.39. The average Bonchev–Trinajstić information content (AvgIpc) is 3.12. The van der Waals surface area contributed by atoms with Crippen LogP contribution in [-0.2, 0) is 20.7 Å². The lowest BCUT2D eigenvalue weighted by Crippen LogP contribution is -2.48. The van der Waals surface area contributed by atoms with Crippen LogP contribution >= 0.6 is 0 Å². The number of likely N-dealkylation sites (N-methyl/N-ethyl adjacent to an activating group) is 1. The third-order valence-electron chi connectivity index (χ3n) is 6.58. The van der Waals surface area contributed by atoms with E-state index in [4.69, 9.17) is 4.18 Å². The van der Waals surface area contributed by atoms with Crippen molar-refractivity contribution in [1.82, 2.24) is 9.88 Å². The zero-order valence-corrected chi connectivity index (χ0v) is 17.6. The van der Waals surface area contributed by atoms with Crippen LogP contribution in [0.1, 0.15) is 29.0 Å². The van der Waals surface area contributed by atoms with Crippen molar-refractivity contribution >= 4 is 21.0 Å². The molecule has 5 rings (SSSR count). The van der Waals surface area contributed by atoms with Crippen molar-refractivity contribution in [3.63, 3.8) is 0 Å². The quantitative estimate of drug-likeness (QED) is 0.664. The highest BCUT2D eigenvalue weighted by Crippen LogP contribution is 2.44. The lowest BCUT2D eigenvalue weighted by atomic mass is 9.72. The number of piperidine rings is 1. The number of hydrogen-bond acceptors (Lipinski definition) is 4. The second kappa shape index (κ2) is 6.97. The fraction of sp³-hybridized carbons (Fsp3) is 0.391. The molecule has 0 radical (unpaired) electrons. The van der Waals surface area contributed by atoms with Gasteiger partial charge in [-0.2, -0.15) is 8.42 Å². The number of rotatable bonds is 4. The largest absolute Gasteiger partial charge is 0.361 e. The summed E-state index contributed by atoms with van der Waals surface area (Å²) in [5.41, 5.74) is 4.99. The van der Waals surface area contributed by atoms with Crippen molar-refractivity contribution < 1.29 is 12.6 Å². The number of fused-ring (bicyclic) bond motifs is 2. The molecule has 1 saturated heterocycles. The molecule has 1 N–H and O–H groups in total. The van der Waals surface area contributed by atoms with Gasteiger partial charge in [-0.05, 0) is 62.1 Å². The predicted molar refractivity (Wildman–Crippen MR) is 114 cm³/mol. The molecular weight excluding hydrogens is 384 g/mol. The first-order valence-corrected chi connectivity index (χ1v) is 11.6. The van der Waals surface area contributed by atoms with Crippen LogP contribution in [0.2, 0.25) is 0 Å². The van der Waals surface area contributed by atoms with Crippen LogP contribution in [0.25, 0.3) is 10.9 Å². The zero-order valence-electron chi connectivity index (χ0n) is 16.8. The van der Waals surface area contributed by atoms with Gasteiger partial charge in [-0.25, -0.2) is 0 Å². The molecule has 5 nitrogen and oxygen atoms in total. The van der Waals surface area contributed by atoms with E-state index in [0.29, 0.717) is 12.0 Å². The lowest BCUT2D eigenvalue weighted by Gasteiger charge is -2.45. The van der Waals surface area contributed by atoms with Gasteiger partial charge in [-0.1, -0.05) is 29.8 Å². The maximum absolute atomic E-state index is 12.6. The molecule has 2 aliphatic rings. The molecule has 1 aliphatic carbocycles. The number of aromatic nitrogens is 1. The number of nitrogens with zero attached hydrogens (tertiary/aromatic N) is 1. The van der Waals surface area contributed by atoms with E-state index >= 15 is 0 Å². The Kier molecular flexibility index (Phi) is 4.53. The summed E-state index contributed by atoms with van der Waals surface area (Å²) >= 11 is 0. The first-order valence-electron chi connectivity index (χ1n) is 10.2. The maximum atomic E-state index is 12.6. The summed E-state index contributed by atoms with van der Waals surface area (Å²) in [5.74, 6) is 0.577. The van der Waals surface area contributed by atoms with E-state index in [2.05, 4.69) is 41.3 Å². The number of H-pyrrole nitrogens is 1. The molecule has 3 aromatic rings. The van der Waals surface area contributed by atoms with E-state index in [0.717, 1.165) is 24.9 Å². The van der Waals surface area contributed by atoms with E-state index < -0.39 is 10.1 Å². The highest BCUT2D eigenvalue weighted by molar-refractivity contribution is 7.86. The molecule has 2 aromatic carbocycles. The van der Waals surface area contributed by atoms with Crippen LogP contribution in [0.3, 0.4) is 0 Å². The smallest absolute Gasteiger partial charge is 0.296 e. The third kappa shape index (κ3) is 3.29. The molecule has 3 atom stereocenters. The predicted octanol–water partition coefficient (Wildman–Crippen LogP) is 3.84. The summed E-state index contributed by atoms with van der Waals surface area (Å²) in [6, 6.07) is 13.8. The molecule has 1 aromatic heterocycles. The SMILES string of the molecule is Cc1ccc(S(=O)(=O)OC[C@H]2CC3c4cccc5[nH]cc(c45)C[C@H]3N(C)C2)cc1. The van der Waals surface area contributed by atoms with E-state index in [1.165, 1.54) is 22.0 Å². The first-order chi connectivity index (χ1) is 13.9. The van der Waals surface area contributed by atoms with Gasteiger partial charge in [-0.3, -0.25) is 4.18 Å². The third-order valence-corrected chi connectivity index (χ3v) is 7.88. The molecule has 0 spiro atoms.